The summed E-state index contributed by atoms with van der Waals surface area (Å²) < 4.78 is 11.3. The Kier molecular flexibility index (Phi) is 4.57. The number of fused-ring (bicyclic) bond motifs is 1. The third-order valence-electron chi connectivity index (χ3n) is 4.18. The number of ketones is 1. The number of hydrogen-bond acceptors (Lipinski definition) is 4. The van der Waals surface area contributed by atoms with Crippen molar-refractivity contribution in [2.24, 2.45) is 0 Å². The first-order valence-electron chi connectivity index (χ1n) is 8.34. The van der Waals surface area contributed by atoms with Crippen LogP contribution in [0.3, 0.4) is 0 Å². The maximum absolute atomic E-state index is 12.4. The van der Waals surface area contributed by atoms with Gasteiger partial charge < -0.3 is 14.6 Å². The molecule has 5 heteroatoms. The number of rotatable bonds is 4. The normalized spacial score (nSPS) is 14.1. The number of phenols is 1. The fourth-order valence-corrected chi connectivity index (χ4v) is 2.95. The number of halogens is 1. The van der Waals surface area contributed by atoms with Gasteiger partial charge in [0.1, 0.15) is 23.9 Å². The Labute approximate surface area is 161 Å². The van der Waals surface area contributed by atoms with Crippen molar-refractivity contribution in [1.29, 1.82) is 0 Å². The molecule has 4 rings (SSSR count). The minimum atomic E-state index is -0.205. The predicted molar refractivity (Wildman–Crippen MR) is 103 cm³/mol. The summed E-state index contributed by atoms with van der Waals surface area (Å²) in [5.41, 5.74) is 2.16. The standard InChI is InChI=1S/C22H15ClO4/c23-19-4-2-1-3-15(19)13-26-17-8-5-14(6-9-17)11-21-22(25)18-10-7-16(24)12-20(18)27-21/h1-12,24H,13H2/b21-11-. The summed E-state index contributed by atoms with van der Waals surface area (Å²) >= 11 is 6.12. The quantitative estimate of drug-likeness (QED) is 0.631. The van der Waals surface area contributed by atoms with Crippen molar-refractivity contribution in [3.63, 3.8) is 0 Å². The zero-order valence-electron chi connectivity index (χ0n) is 14.2. The lowest BCUT2D eigenvalue weighted by Crippen LogP contribution is -1.98. The third kappa shape index (κ3) is 3.66. The minimum Gasteiger partial charge on any atom is -0.508 e. The Morgan fingerprint density at radius 1 is 1.04 bits per heavy atom. The smallest absolute Gasteiger partial charge is 0.231 e. The average Bonchev–Trinajstić information content (AvgIpc) is 2.97. The molecule has 0 saturated carbocycles. The van der Waals surface area contributed by atoms with Crippen LogP contribution in [0.4, 0.5) is 0 Å². The molecule has 27 heavy (non-hydrogen) atoms. The SMILES string of the molecule is O=C1/C(=C/c2ccc(OCc3ccccc3Cl)cc2)Oc2cc(O)ccc21. The van der Waals surface area contributed by atoms with E-state index >= 15 is 0 Å². The van der Waals surface area contributed by atoms with Gasteiger partial charge in [-0.3, -0.25) is 4.79 Å². The highest BCUT2D eigenvalue weighted by atomic mass is 35.5. The molecule has 0 unspecified atom stereocenters. The van der Waals surface area contributed by atoms with Crippen molar-refractivity contribution in [3.8, 4) is 17.2 Å². The van der Waals surface area contributed by atoms with E-state index in [-0.39, 0.29) is 17.3 Å². The summed E-state index contributed by atoms with van der Waals surface area (Å²) in [4.78, 5) is 12.4. The maximum Gasteiger partial charge on any atom is 0.231 e. The topological polar surface area (TPSA) is 55.8 Å². The fourth-order valence-electron chi connectivity index (χ4n) is 2.76. The second kappa shape index (κ2) is 7.17. The monoisotopic (exact) mass is 378 g/mol. The van der Waals surface area contributed by atoms with Crippen LogP contribution < -0.4 is 9.47 Å². The van der Waals surface area contributed by atoms with Crippen molar-refractivity contribution in [2.75, 3.05) is 0 Å². The predicted octanol–water partition coefficient (Wildman–Crippen LogP) is 5.24. The van der Waals surface area contributed by atoms with E-state index in [2.05, 4.69) is 0 Å². The Bertz CT molecular complexity index is 1040. The summed E-state index contributed by atoms with van der Waals surface area (Å²) in [6.45, 7) is 0.376. The van der Waals surface area contributed by atoms with E-state index in [0.29, 0.717) is 28.7 Å². The van der Waals surface area contributed by atoms with Gasteiger partial charge in [0.25, 0.3) is 0 Å². The molecule has 0 spiro atoms. The molecule has 0 atom stereocenters. The number of ether oxygens (including phenoxy) is 2. The molecular formula is C22H15ClO4. The van der Waals surface area contributed by atoms with Gasteiger partial charge in [0.05, 0.1) is 5.56 Å². The van der Waals surface area contributed by atoms with Crippen LogP contribution in [0, 0.1) is 0 Å². The first-order chi connectivity index (χ1) is 13.1. The summed E-state index contributed by atoms with van der Waals surface area (Å²) in [5, 5.41) is 10.2. The highest BCUT2D eigenvalue weighted by Gasteiger charge is 2.27. The second-order valence-electron chi connectivity index (χ2n) is 6.07. The number of hydrogen-bond donors (Lipinski definition) is 1. The molecule has 0 amide bonds. The summed E-state index contributed by atoms with van der Waals surface area (Å²) in [7, 11) is 0. The Balaban J connectivity index is 1.46. The molecule has 0 radical (unpaired) electrons. The van der Waals surface area contributed by atoms with Crippen LogP contribution >= 0.6 is 11.6 Å². The van der Waals surface area contributed by atoms with Crippen LogP contribution in [0.1, 0.15) is 21.5 Å². The number of benzene rings is 3. The van der Waals surface area contributed by atoms with Crippen molar-refractivity contribution < 1.29 is 19.4 Å². The molecule has 4 nitrogen and oxygen atoms in total. The number of Topliss-reactive ketones (excluding diaryl/α,β-unsaturated/α-hetero) is 1. The van der Waals surface area contributed by atoms with Crippen molar-refractivity contribution >= 4 is 23.5 Å². The molecule has 0 aromatic heterocycles. The van der Waals surface area contributed by atoms with Gasteiger partial charge in [-0.1, -0.05) is 41.9 Å². The zero-order chi connectivity index (χ0) is 18.8. The van der Waals surface area contributed by atoms with Crippen LogP contribution in [-0.2, 0) is 6.61 Å². The molecule has 0 aliphatic carbocycles. The van der Waals surface area contributed by atoms with E-state index in [1.165, 1.54) is 12.1 Å². The van der Waals surface area contributed by atoms with Gasteiger partial charge in [-0.15, -0.1) is 0 Å². The molecule has 1 aliphatic heterocycles. The minimum absolute atomic E-state index is 0.0582. The van der Waals surface area contributed by atoms with Crippen LogP contribution in [0.5, 0.6) is 17.2 Å². The number of carbonyl (C=O) groups is 1. The molecule has 1 N–H and O–H groups in total. The molecule has 3 aromatic rings. The lowest BCUT2D eigenvalue weighted by Gasteiger charge is -2.08. The molecule has 1 aliphatic rings. The third-order valence-corrected chi connectivity index (χ3v) is 4.55. The first kappa shape index (κ1) is 17.2. The van der Waals surface area contributed by atoms with Gasteiger partial charge in [-0.25, -0.2) is 0 Å². The summed E-state index contributed by atoms with van der Waals surface area (Å²) in [5.74, 6) is 1.14. The van der Waals surface area contributed by atoms with E-state index in [1.54, 1.807) is 12.1 Å². The zero-order valence-corrected chi connectivity index (χ0v) is 14.9. The second-order valence-corrected chi connectivity index (χ2v) is 6.48. The van der Waals surface area contributed by atoms with Gasteiger partial charge in [0.2, 0.25) is 5.78 Å². The summed E-state index contributed by atoms with van der Waals surface area (Å²) in [6, 6.07) is 19.3. The molecule has 0 bridgehead atoms. The first-order valence-corrected chi connectivity index (χ1v) is 8.71. The molecule has 134 valence electrons. The van der Waals surface area contributed by atoms with Crippen LogP contribution in [-0.4, -0.2) is 10.9 Å². The highest BCUT2D eigenvalue weighted by molar-refractivity contribution is 6.31. The molecular weight excluding hydrogens is 364 g/mol. The Morgan fingerprint density at radius 3 is 2.59 bits per heavy atom. The van der Waals surface area contributed by atoms with Gasteiger partial charge in [0, 0.05) is 16.7 Å². The van der Waals surface area contributed by atoms with Gasteiger partial charge >= 0.3 is 0 Å². The number of phenolic OH excluding ortho intramolecular Hbond substituents is 1. The van der Waals surface area contributed by atoms with Crippen molar-refractivity contribution in [3.05, 3.63) is 94.2 Å². The van der Waals surface area contributed by atoms with E-state index < -0.39 is 0 Å². The van der Waals surface area contributed by atoms with Gasteiger partial charge in [-0.05, 0) is 42.0 Å². The lowest BCUT2D eigenvalue weighted by molar-refractivity contribution is 0.101. The number of allylic oxidation sites excluding steroid dienone is 1. The summed E-state index contributed by atoms with van der Waals surface area (Å²) in [6.07, 6.45) is 1.66. The Morgan fingerprint density at radius 2 is 1.81 bits per heavy atom. The van der Waals surface area contributed by atoms with Gasteiger partial charge in [0.15, 0.2) is 5.76 Å². The van der Waals surface area contributed by atoms with Crippen molar-refractivity contribution in [2.45, 2.75) is 6.61 Å². The van der Waals surface area contributed by atoms with E-state index in [1.807, 2.05) is 48.5 Å². The molecule has 0 fully saturated rings. The molecule has 0 saturated heterocycles. The fraction of sp³-hybridized carbons (Fsp3) is 0.0455. The van der Waals surface area contributed by atoms with E-state index in [4.69, 9.17) is 21.1 Å². The highest BCUT2D eigenvalue weighted by Crippen LogP contribution is 2.34. The number of carbonyl (C=O) groups excluding carboxylic acids is 1. The van der Waals surface area contributed by atoms with Gasteiger partial charge in [-0.2, -0.15) is 0 Å². The van der Waals surface area contributed by atoms with E-state index in [9.17, 15) is 9.90 Å². The van der Waals surface area contributed by atoms with E-state index in [0.717, 1.165) is 11.1 Å². The molecule has 1 heterocycles. The van der Waals surface area contributed by atoms with Crippen LogP contribution in [0.15, 0.2) is 72.5 Å². The largest absolute Gasteiger partial charge is 0.508 e. The molecule has 3 aromatic carbocycles. The average molecular weight is 379 g/mol. The number of aromatic hydroxyl groups is 1. The maximum atomic E-state index is 12.4. The lowest BCUT2D eigenvalue weighted by atomic mass is 10.1. The Hall–Kier alpha value is -3.24. The van der Waals surface area contributed by atoms with Crippen LogP contribution in [0.25, 0.3) is 6.08 Å². The van der Waals surface area contributed by atoms with Crippen LogP contribution in [0.2, 0.25) is 5.02 Å². The van der Waals surface area contributed by atoms with Crippen molar-refractivity contribution in [1.82, 2.24) is 0 Å².